The van der Waals surface area contributed by atoms with E-state index < -0.39 is 16.9 Å². The number of halogens is 1. The summed E-state index contributed by atoms with van der Waals surface area (Å²) in [7, 11) is 0. The van der Waals surface area contributed by atoms with Crippen molar-refractivity contribution in [2.75, 3.05) is 0 Å². The number of hydrogen-bond donors (Lipinski definition) is 3. The van der Waals surface area contributed by atoms with E-state index in [1.807, 2.05) is 0 Å². The SMILES string of the molecule is Cc1cc(O)ccc1-n1nc(O)c2[nH]c3cc(Cl)ccc3c(=O)c2c1=O. The second-order valence-corrected chi connectivity index (χ2v) is 6.34. The van der Waals surface area contributed by atoms with Crippen LogP contribution in [0, 0.1) is 6.92 Å². The lowest BCUT2D eigenvalue weighted by Gasteiger charge is -2.11. The lowest BCUT2D eigenvalue weighted by Crippen LogP contribution is -2.26. The molecule has 0 spiro atoms. The van der Waals surface area contributed by atoms with Gasteiger partial charge in [-0.1, -0.05) is 11.6 Å². The Kier molecular flexibility index (Phi) is 3.48. The average Bonchev–Trinajstić information content (AvgIpc) is 2.58. The predicted molar refractivity (Wildman–Crippen MR) is 98.5 cm³/mol. The van der Waals surface area contributed by atoms with Crippen LogP contribution in [-0.2, 0) is 0 Å². The molecule has 3 N–H and O–H groups in total. The monoisotopic (exact) mass is 369 g/mol. The molecule has 26 heavy (non-hydrogen) atoms. The number of nitrogens with zero attached hydrogens (tertiary/aromatic N) is 2. The predicted octanol–water partition coefficient (Wildman–Crippen LogP) is 2.60. The first-order valence-electron chi connectivity index (χ1n) is 7.64. The van der Waals surface area contributed by atoms with Crippen molar-refractivity contribution in [1.29, 1.82) is 0 Å². The van der Waals surface area contributed by atoms with Gasteiger partial charge in [-0.15, -0.1) is 5.10 Å². The maximum Gasteiger partial charge on any atom is 0.285 e. The van der Waals surface area contributed by atoms with E-state index in [1.165, 1.54) is 30.3 Å². The summed E-state index contributed by atoms with van der Waals surface area (Å²) in [6.07, 6.45) is 0. The summed E-state index contributed by atoms with van der Waals surface area (Å²) in [5.74, 6) is -0.462. The molecule has 0 amide bonds. The van der Waals surface area contributed by atoms with Gasteiger partial charge in [0.05, 0.1) is 11.2 Å². The zero-order valence-corrected chi connectivity index (χ0v) is 14.2. The second-order valence-electron chi connectivity index (χ2n) is 5.91. The molecule has 2 heterocycles. The minimum Gasteiger partial charge on any atom is -0.508 e. The summed E-state index contributed by atoms with van der Waals surface area (Å²) >= 11 is 5.94. The lowest BCUT2D eigenvalue weighted by atomic mass is 10.1. The van der Waals surface area contributed by atoms with Crippen LogP contribution in [0.2, 0.25) is 5.02 Å². The molecule has 0 unspecified atom stereocenters. The summed E-state index contributed by atoms with van der Waals surface area (Å²) < 4.78 is 0.948. The fourth-order valence-electron chi connectivity index (χ4n) is 2.97. The molecule has 0 radical (unpaired) electrons. The molecule has 4 aromatic rings. The van der Waals surface area contributed by atoms with Crippen molar-refractivity contribution in [3.05, 3.63) is 67.6 Å². The van der Waals surface area contributed by atoms with E-state index in [1.54, 1.807) is 13.0 Å². The van der Waals surface area contributed by atoms with Gasteiger partial charge in [0.25, 0.3) is 11.4 Å². The highest BCUT2D eigenvalue weighted by atomic mass is 35.5. The molecule has 0 bridgehead atoms. The van der Waals surface area contributed by atoms with Crippen molar-refractivity contribution in [3.8, 4) is 17.3 Å². The number of rotatable bonds is 1. The standard InChI is InChI=1S/C18H12ClN3O4/c1-8-6-10(23)3-5-13(8)22-18(26)14-15(17(25)21-22)20-12-7-9(19)2-4-11(12)16(14)24/h2-7,23H,1H3,(H,20,24)(H,21,25). The van der Waals surface area contributed by atoms with Crippen LogP contribution in [0.5, 0.6) is 11.6 Å². The molecule has 8 heteroatoms. The number of pyridine rings is 1. The second kappa shape index (κ2) is 5.60. The number of nitrogens with one attached hydrogen (secondary N) is 1. The third-order valence-electron chi connectivity index (χ3n) is 4.20. The van der Waals surface area contributed by atoms with E-state index in [-0.39, 0.29) is 22.0 Å². The van der Waals surface area contributed by atoms with Crippen LogP contribution in [0.25, 0.3) is 27.5 Å². The van der Waals surface area contributed by atoms with Crippen molar-refractivity contribution in [2.24, 2.45) is 0 Å². The topological polar surface area (TPSA) is 108 Å². The van der Waals surface area contributed by atoms with Crippen LogP contribution in [0.4, 0.5) is 0 Å². The number of hydrogen-bond acceptors (Lipinski definition) is 5. The zero-order chi connectivity index (χ0) is 18.6. The Morgan fingerprint density at radius 1 is 1.12 bits per heavy atom. The quantitative estimate of drug-likeness (QED) is 0.447. The number of aromatic hydroxyl groups is 2. The number of aryl methyl sites for hydroxylation is 1. The van der Waals surface area contributed by atoms with Gasteiger partial charge < -0.3 is 15.2 Å². The molecule has 0 atom stereocenters. The number of benzene rings is 2. The van der Waals surface area contributed by atoms with Gasteiger partial charge in [-0.05, 0) is 48.9 Å². The van der Waals surface area contributed by atoms with Crippen LogP contribution in [0.15, 0.2) is 46.0 Å². The van der Waals surface area contributed by atoms with Gasteiger partial charge in [-0.2, -0.15) is 4.68 Å². The Bertz CT molecular complexity index is 1320. The molecule has 2 aromatic carbocycles. The van der Waals surface area contributed by atoms with Gasteiger partial charge in [0.1, 0.15) is 16.7 Å². The average molecular weight is 370 g/mol. The van der Waals surface area contributed by atoms with Gasteiger partial charge in [0, 0.05) is 10.4 Å². The molecular weight excluding hydrogens is 358 g/mol. The van der Waals surface area contributed by atoms with E-state index >= 15 is 0 Å². The van der Waals surface area contributed by atoms with E-state index in [0.717, 1.165) is 4.68 Å². The molecule has 0 aliphatic carbocycles. The largest absolute Gasteiger partial charge is 0.508 e. The van der Waals surface area contributed by atoms with Crippen molar-refractivity contribution >= 4 is 33.4 Å². The minimum absolute atomic E-state index is 0.0324. The highest BCUT2D eigenvalue weighted by Crippen LogP contribution is 2.23. The van der Waals surface area contributed by atoms with Crippen LogP contribution in [0.1, 0.15) is 5.56 Å². The van der Waals surface area contributed by atoms with Crippen molar-refractivity contribution < 1.29 is 10.2 Å². The third kappa shape index (κ3) is 2.33. The maximum atomic E-state index is 12.9. The van der Waals surface area contributed by atoms with Crippen LogP contribution in [0.3, 0.4) is 0 Å². The molecule has 7 nitrogen and oxygen atoms in total. The van der Waals surface area contributed by atoms with Gasteiger partial charge in [-0.3, -0.25) is 9.59 Å². The molecule has 0 saturated heterocycles. The summed E-state index contributed by atoms with van der Waals surface area (Å²) in [6, 6.07) is 8.94. The molecule has 0 fully saturated rings. The number of phenols is 1. The van der Waals surface area contributed by atoms with E-state index in [2.05, 4.69) is 10.1 Å². The molecule has 0 aliphatic rings. The third-order valence-corrected chi connectivity index (χ3v) is 4.43. The van der Waals surface area contributed by atoms with Gasteiger partial charge in [-0.25, -0.2) is 0 Å². The minimum atomic E-state index is -0.676. The Morgan fingerprint density at radius 3 is 2.62 bits per heavy atom. The lowest BCUT2D eigenvalue weighted by molar-refractivity contribution is 0.442. The Morgan fingerprint density at radius 2 is 1.88 bits per heavy atom. The van der Waals surface area contributed by atoms with Gasteiger partial charge >= 0.3 is 0 Å². The molecule has 130 valence electrons. The van der Waals surface area contributed by atoms with Crippen molar-refractivity contribution in [3.63, 3.8) is 0 Å². The molecular formula is C18H12ClN3O4. The first kappa shape index (κ1) is 16.2. The van der Waals surface area contributed by atoms with Gasteiger partial charge in [0.15, 0.2) is 0 Å². The number of fused-ring (bicyclic) bond motifs is 2. The van der Waals surface area contributed by atoms with E-state index in [9.17, 15) is 19.8 Å². The summed E-state index contributed by atoms with van der Waals surface area (Å²) in [4.78, 5) is 28.6. The number of H-pyrrole nitrogens is 1. The first-order valence-corrected chi connectivity index (χ1v) is 8.02. The summed E-state index contributed by atoms with van der Waals surface area (Å²) in [5, 5.41) is 24.2. The fraction of sp³-hybridized carbons (Fsp3) is 0.0556. The van der Waals surface area contributed by atoms with Crippen LogP contribution < -0.4 is 11.0 Å². The van der Waals surface area contributed by atoms with E-state index in [0.29, 0.717) is 21.8 Å². The number of aromatic amines is 1. The smallest absolute Gasteiger partial charge is 0.285 e. The fourth-order valence-corrected chi connectivity index (χ4v) is 3.14. The highest BCUT2D eigenvalue weighted by Gasteiger charge is 2.18. The first-order chi connectivity index (χ1) is 12.4. The molecule has 2 aromatic heterocycles. The maximum absolute atomic E-state index is 12.9. The molecule has 4 rings (SSSR count). The van der Waals surface area contributed by atoms with Crippen molar-refractivity contribution in [2.45, 2.75) is 6.92 Å². The Hall–Kier alpha value is -3.32. The molecule has 0 aliphatic heterocycles. The number of aromatic nitrogens is 3. The Labute approximate surface area is 150 Å². The summed E-state index contributed by atoms with van der Waals surface area (Å²) in [5.41, 5.74) is 0.0402. The summed E-state index contributed by atoms with van der Waals surface area (Å²) in [6.45, 7) is 1.68. The van der Waals surface area contributed by atoms with E-state index in [4.69, 9.17) is 11.6 Å². The van der Waals surface area contributed by atoms with Crippen molar-refractivity contribution in [1.82, 2.24) is 14.8 Å². The molecule has 0 saturated carbocycles. The normalized spacial score (nSPS) is 11.3. The van der Waals surface area contributed by atoms with Crippen LogP contribution >= 0.6 is 11.6 Å². The van der Waals surface area contributed by atoms with Crippen LogP contribution in [-0.4, -0.2) is 25.0 Å². The Balaban J connectivity index is 2.16. The highest BCUT2D eigenvalue weighted by molar-refractivity contribution is 6.31. The number of phenolic OH excluding ortho intramolecular Hbond substituents is 1. The zero-order valence-electron chi connectivity index (χ0n) is 13.4. The van der Waals surface area contributed by atoms with Gasteiger partial charge in [0.2, 0.25) is 5.43 Å².